The normalized spacial score (nSPS) is 13.3. The molecule has 0 aromatic carbocycles. The van der Waals surface area contributed by atoms with Crippen LogP contribution in [0.25, 0.3) is 0 Å². The molecule has 11 nitrogen and oxygen atoms in total. The lowest BCUT2D eigenvalue weighted by Gasteiger charge is -2.08. The van der Waals surface area contributed by atoms with Crippen LogP contribution in [0.5, 0.6) is 0 Å². The van der Waals surface area contributed by atoms with Crippen molar-refractivity contribution < 1.29 is 23.9 Å². The number of hydrogen-bond acceptors (Lipinski definition) is 10. The summed E-state index contributed by atoms with van der Waals surface area (Å²) < 4.78 is 11.7. The molecule has 0 atom stereocenters. The molecule has 0 unspecified atom stereocenters. The van der Waals surface area contributed by atoms with Crippen molar-refractivity contribution in [3.63, 3.8) is 0 Å². The highest BCUT2D eigenvalue weighted by atomic mass is 32.2. The Labute approximate surface area is 174 Å². The summed E-state index contributed by atoms with van der Waals surface area (Å²) in [5, 5.41) is 14.9. The van der Waals surface area contributed by atoms with Gasteiger partial charge in [-0.05, 0) is 35.8 Å². The van der Waals surface area contributed by atoms with E-state index in [0.717, 1.165) is 24.2 Å². The lowest BCUT2D eigenvalue weighted by molar-refractivity contribution is -0.113. The van der Waals surface area contributed by atoms with Crippen LogP contribution < -0.4 is 11.1 Å². The molecule has 2 amide bonds. The number of aromatic nitrogens is 4. The summed E-state index contributed by atoms with van der Waals surface area (Å²) in [6.45, 7) is 1.85. The Morgan fingerprint density at radius 3 is 2.76 bits per heavy atom. The van der Waals surface area contributed by atoms with E-state index in [1.54, 1.807) is 11.6 Å². The predicted octanol–water partition coefficient (Wildman–Crippen LogP) is 1.01. The van der Waals surface area contributed by atoms with Crippen LogP contribution in [0.4, 0.5) is 5.00 Å². The highest BCUT2D eigenvalue weighted by Gasteiger charge is 2.29. The summed E-state index contributed by atoms with van der Waals surface area (Å²) in [6, 6.07) is 0.294. The molecule has 29 heavy (non-hydrogen) atoms. The second kappa shape index (κ2) is 9.33. The van der Waals surface area contributed by atoms with Gasteiger partial charge in [0.2, 0.25) is 11.1 Å². The van der Waals surface area contributed by atoms with E-state index in [9.17, 15) is 14.4 Å². The monoisotopic (exact) mass is 440 g/mol. The number of methoxy groups -OCH3 is 1. The molecule has 2 heterocycles. The number of amides is 2. The van der Waals surface area contributed by atoms with Gasteiger partial charge in [-0.3, -0.25) is 9.59 Å². The van der Waals surface area contributed by atoms with Gasteiger partial charge in [0.15, 0.2) is 0 Å². The van der Waals surface area contributed by atoms with Gasteiger partial charge in [0.05, 0.1) is 28.8 Å². The first-order valence-corrected chi connectivity index (χ1v) is 10.5. The van der Waals surface area contributed by atoms with Crippen molar-refractivity contribution in [2.45, 2.75) is 31.0 Å². The molecule has 2 aromatic heterocycles. The Morgan fingerprint density at radius 2 is 2.10 bits per heavy atom. The summed E-state index contributed by atoms with van der Waals surface area (Å²) in [6.07, 6.45) is 2.04. The molecular weight excluding hydrogens is 420 g/mol. The molecule has 1 fully saturated rings. The van der Waals surface area contributed by atoms with Gasteiger partial charge >= 0.3 is 5.97 Å². The summed E-state index contributed by atoms with van der Waals surface area (Å²) in [4.78, 5) is 36.7. The zero-order valence-corrected chi connectivity index (χ0v) is 17.5. The first-order chi connectivity index (χ1) is 13.9. The molecule has 2 aromatic rings. The molecule has 0 spiro atoms. The average Bonchev–Trinajstić information content (AvgIpc) is 3.32. The number of esters is 1. The number of carbonyl (C=O) groups excluding carboxylic acids is 3. The lowest BCUT2D eigenvalue weighted by Crippen LogP contribution is -2.17. The summed E-state index contributed by atoms with van der Waals surface area (Å²) in [5.41, 5.74) is 5.86. The van der Waals surface area contributed by atoms with Crippen molar-refractivity contribution in [3.8, 4) is 0 Å². The number of thiophene rings is 1. The molecule has 1 aliphatic rings. The van der Waals surface area contributed by atoms with E-state index in [1.807, 2.05) is 0 Å². The van der Waals surface area contributed by atoms with E-state index in [4.69, 9.17) is 15.2 Å². The quantitative estimate of drug-likeness (QED) is 0.313. The fraction of sp³-hybridized carbons (Fsp3) is 0.500. The average molecular weight is 441 g/mol. The van der Waals surface area contributed by atoms with E-state index in [1.165, 1.54) is 18.9 Å². The van der Waals surface area contributed by atoms with Gasteiger partial charge in [-0.15, -0.1) is 16.4 Å². The number of primary amides is 1. The number of nitrogens with one attached hydrogen (secondary N) is 1. The fourth-order valence-electron chi connectivity index (χ4n) is 2.49. The number of hydrogen-bond donors (Lipinski definition) is 2. The van der Waals surface area contributed by atoms with E-state index in [-0.39, 0.29) is 40.3 Å². The molecule has 156 valence electrons. The Morgan fingerprint density at radius 1 is 1.34 bits per heavy atom. The number of nitrogens with zero attached hydrogens (tertiary/aromatic N) is 4. The molecule has 1 saturated carbocycles. The Balaban J connectivity index is 1.70. The fourth-order valence-corrected chi connectivity index (χ4v) is 4.30. The minimum atomic E-state index is -0.683. The van der Waals surface area contributed by atoms with Crippen molar-refractivity contribution in [2.75, 3.05) is 31.4 Å². The Kier molecular flexibility index (Phi) is 6.82. The molecular formula is C16H20N6O5S2. The largest absolute Gasteiger partial charge is 0.460 e. The zero-order valence-electron chi connectivity index (χ0n) is 15.8. The Bertz CT molecular complexity index is 923. The van der Waals surface area contributed by atoms with E-state index in [2.05, 4.69) is 20.8 Å². The van der Waals surface area contributed by atoms with Crippen LogP contribution in [-0.4, -0.2) is 64.1 Å². The summed E-state index contributed by atoms with van der Waals surface area (Å²) >= 11 is 2.13. The van der Waals surface area contributed by atoms with Crippen molar-refractivity contribution in [3.05, 3.63) is 16.0 Å². The van der Waals surface area contributed by atoms with Gasteiger partial charge in [-0.2, -0.15) is 0 Å². The number of anilines is 1. The summed E-state index contributed by atoms with van der Waals surface area (Å²) in [5.74, 6) is -1.68. The summed E-state index contributed by atoms with van der Waals surface area (Å²) in [7, 11) is 1.48. The van der Waals surface area contributed by atoms with Gasteiger partial charge in [-0.1, -0.05) is 11.8 Å². The zero-order chi connectivity index (χ0) is 21.0. The SMILES string of the molecule is COCCOC(=O)c1c(NC(=O)CSc2nnnn2C2CC2)sc(C(N)=O)c1C. The van der Waals surface area contributed by atoms with Crippen LogP contribution in [0.15, 0.2) is 5.16 Å². The molecule has 3 rings (SSSR count). The third kappa shape index (κ3) is 5.10. The molecule has 0 bridgehead atoms. The van der Waals surface area contributed by atoms with Gasteiger partial charge in [-0.25, -0.2) is 9.48 Å². The predicted molar refractivity (Wildman–Crippen MR) is 105 cm³/mol. The molecule has 13 heteroatoms. The number of ether oxygens (including phenoxy) is 2. The number of carbonyl (C=O) groups is 3. The minimum absolute atomic E-state index is 0.0358. The molecule has 0 aliphatic heterocycles. The second-order valence-electron chi connectivity index (χ2n) is 6.23. The van der Waals surface area contributed by atoms with Crippen LogP contribution in [0.1, 0.15) is 44.5 Å². The standard InChI is InChI=1S/C16H20N6O5S2/c1-8-11(15(25)27-6-5-26-2)14(29-12(8)13(17)24)18-10(23)7-28-16-19-20-21-22(16)9-3-4-9/h9H,3-7H2,1-2H3,(H2,17,24)(H,18,23). The number of tetrazole rings is 1. The van der Waals surface area contributed by atoms with Crippen molar-refractivity contribution in [1.29, 1.82) is 0 Å². The number of thioether (sulfide) groups is 1. The second-order valence-corrected chi connectivity index (χ2v) is 8.19. The van der Waals surface area contributed by atoms with Gasteiger partial charge in [0.25, 0.3) is 5.91 Å². The maximum Gasteiger partial charge on any atom is 0.341 e. The van der Waals surface area contributed by atoms with Crippen LogP contribution in [0.2, 0.25) is 0 Å². The van der Waals surface area contributed by atoms with Gasteiger partial charge < -0.3 is 20.5 Å². The Hall–Kier alpha value is -2.51. The van der Waals surface area contributed by atoms with Crippen LogP contribution in [0, 0.1) is 6.92 Å². The number of nitrogens with two attached hydrogens (primary N) is 1. The third-order valence-corrected chi connectivity index (χ3v) is 6.19. The van der Waals surface area contributed by atoms with E-state index >= 15 is 0 Å². The third-order valence-electron chi connectivity index (χ3n) is 4.04. The molecule has 0 radical (unpaired) electrons. The van der Waals surface area contributed by atoms with Crippen LogP contribution >= 0.6 is 23.1 Å². The van der Waals surface area contributed by atoms with Crippen LogP contribution in [-0.2, 0) is 14.3 Å². The first kappa shape index (κ1) is 21.2. The van der Waals surface area contributed by atoms with Crippen molar-refractivity contribution >= 4 is 45.9 Å². The molecule has 0 saturated heterocycles. The van der Waals surface area contributed by atoms with Gasteiger partial charge in [0, 0.05) is 7.11 Å². The van der Waals surface area contributed by atoms with Crippen molar-refractivity contribution in [1.82, 2.24) is 20.2 Å². The smallest absolute Gasteiger partial charge is 0.341 e. The van der Waals surface area contributed by atoms with Crippen molar-refractivity contribution in [2.24, 2.45) is 5.73 Å². The van der Waals surface area contributed by atoms with Gasteiger partial charge in [0.1, 0.15) is 11.6 Å². The highest BCUT2D eigenvalue weighted by molar-refractivity contribution is 7.99. The van der Waals surface area contributed by atoms with E-state index in [0.29, 0.717) is 16.8 Å². The maximum absolute atomic E-state index is 12.4. The first-order valence-electron chi connectivity index (χ1n) is 8.72. The van der Waals surface area contributed by atoms with Crippen LogP contribution in [0.3, 0.4) is 0 Å². The number of rotatable bonds is 10. The molecule has 3 N–H and O–H groups in total. The maximum atomic E-state index is 12.4. The topological polar surface area (TPSA) is 151 Å². The lowest BCUT2D eigenvalue weighted by atomic mass is 10.1. The molecule has 1 aliphatic carbocycles. The minimum Gasteiger partial charge on any atom is -0.460 e. The highest BCUT2D eigenvalue weighted by Crippen LogP contribution is 2.37. The van der Waals surface area contributed by atoms with E-state index < -0.39 is 11.9 Å².